The lowest BCUT2D eigenvalue weighted by molar-refractivity contribution is -0.532. The number of nitrogens with zero attached hydrogens (tertiary/aromatic N) is 9. The van der Waals surface area contributed by atoms with E-state index in [1.165, 1.54) is 0 Å². The van der Waals surface area contributed by atoms with Crippen LogP contribution < -0.4 is 10.4 Å². The maximum absolute atomic E-state index is 14.1. The average molecular weight is 517 g/mol. The van der Waals surface area contributed by atoms with Crippen molar-refractivity contribution in [3.05, 3.63) is 59.0 Å². The Balaban J connectivity index is 1.54. The third-order valence-corrected chi connectivity index (χ3v) is 5.55. The minimum absolute atomic E-state index is 0.188. The molecule has 0 fully saturated rings. The standard InChI is InChI=1S/C18H12F7N10O/c1-16(18(23,24)25)8-32(11-7-26-13-5-12(19)31-33(13)14(11)16)35(36)30-9-4-10(17(20,21)22)15(27-6-9)34-28-2-3-29-34/h2-7H,8H2,1H3,(H,30,36)/q+1/t16-/m0/s1. The predicted molar refractivity (Wildman–Crippen MR) is 105 cm³/mol. The van der Waals surface area contributed by atoms with Crippen LogP contribution in [0.5, 0.6) is 0 Å². The van der Waals surface area contributed by atoms with Crippen LogP contribution in [0.1, 0.15) is 18.2 Å². The van der Waals surface area contributed by atoms with Crippen molar-refractivity contribution in [2.24, 2.45) is 0 Å². The van der Waals surface area contributed by atoms with Crippen LogP contribution in [0.15, 0.2) is 36.9 Å². The molecule has 0 saturated heterocycles. The molecule has 1 aliphatic heterocycles. The monoisotopic (exact) mass is 517 g/mol. The predicted octanol–water partition coefficient (Wildman–Crippen LogP) is 3.22. The molecule has 4 aromatic rings. The zero-order chi connectivity index (χ0) is 26.0. The van der Waals surface area contributed by atoms with E-state index in [0.717, 1.165) is 37.8 Å². The van der Waals surface area contributed by atoms with Crippen molar-refractivity contribution < 1.29 is 35.7 Å². The molecule has 36 heavy (non-hydrogen) atoms. The van der Waals surface area contributed by atoms with Crippen molar-refractivity contribution >= 4 is 17.0 Å². The smallest absolute Gasteiger partial charge is 0.234 e. The van der Waals surface area contributed by atoms with Gasteiger partial charge in [0.2, 0.25) is 5.95 Å². The summed E-state index contributed by atoms with van der Waals surface area (Å²) < 4.78 is 97.5. The molecule has 1 atom stereocenters. The summed E-state index contributed by atoms with van der Waals surface area (Å²) in [6, 6.07) is 1.34. The van der Waals surface area contributed by atoms with E-state index in [2.05, 4.69) is 25.3 Å². The summed E-state index contributed by atoms with van der Waals surface area (Å²) in [7, 11) is 0. The van der Waals surface area contributed by atoms with Crippen molar-refractivity contribution in [1.29, 1.82) is 0 Å². The molecule has 0 radical (unpaired) electrons. The molecule has 4 aromatic heterocycles. The minimum atomic E-state index is -4.93. The molecule has 11 nitrogen and oxygen atoms in total. The van der Waals surface area contributed by atoms with Gasteiger partial charge in [0.1, 0.15) is 28.9 Å². The number of hydrazine groups is 2. The summed E-state index contributed by atoms with van der Waals surface area (Å²) in [4.78, 5) is 20.8. The molecular formula is C18H12F7N10O+. The Morgan fingerprint density at radius 3 is 2.39 bits per heavy atom. The molecule has 188 valence electrons. The highest BCUT2D eigenvalue weighted by molar-refractivity contribution is 5.61. The highest BCUT2D eigenvalue weighted by atomic mass is 19.4. The number of pyridine rings is 1. The van der Waals surface area contributed by atoms with Gasteiger partial charge in [0, 0.05) is 6.07 Å². The van der Waals surface area contributed by atoms with E-state index < -0.39 is 53.0 Å². The molecule has 1 aliphatic rings. The zero-order valence-corrected chi connectivity index (χ0v) is 17.8. The normalized spacial score (nSPS) is 18.1. The SMILES string of the molecule is C[C@]1(C(F)(F)F)CN([N+](=O)Nc2cnc(-n3nccn3)c(C(F)(F)F)c2)c2cnc3cc(F)nn3c21. The number of nitrogens with one attached hydrogen (secondary N) is 1. The Hall–Kier alpha value is -4.38. The number of halogens is 7. The first-order valence-electron chi connectivity index (χ1n) is 9.86. The number of anilines is 2. The number of nitroso groups, excluding NO2 is 1. The second-order valence-corrected chi connectivity index (χ2v) is 7.91. The summed E-state index contributed by atoms with van der Waals surface area (Å²) >= 11 is 0. The van der Waals surface area contributed by atoms with Crippen LogP contribution in [-0.4, -0.2) is 52.3 Å². The Morgan fingerprint density at radius 2 is 1.75 bits per heavy atom. The zero-order valence-electron chi connectivity index (χ0n) is 17.8. The molecule has 0 aromatic carbocycles. The van der Waals surface area contributed by atoms with Gasteiger partial charge in [-0.2, -0.15) is 40.9 Å². The number of fused-ring (bicyclic) bond motifs is 3. The van der Waals surface area contributed by atoms with Crippen molar-refractivity contribution in [1.82, 2.24) is 34.6 Å². The topological polar surface area (TPSA) is 109 Å². The number of rotatable bonds is 4. The largest absolute Gasteiger partial charge is 0.420 e. The van der Waals surface area contributed by atoms with Gasteiger partial charge in [-0.05, 0) is 13.0 Å². The Bertz CT molecular complexity index is 1480. The molecule has 0 aliphatic carbocycles. The van der Waals surface area contributed by atoms with Crippen molar-refractivity contribution in [3.63, 3.8) is 0 Å². The average Bonchev–Trinajstić information content (AvgIpc) is 3.50. The quantitative estimate of drug-likeness (QED) is 0.250. The number of aromatic nitrogens is 7. The van der Waals surface area contributed by atoms with Gasteiger partial charge in [0.25, 0.3) is 4.98 Å². The third-order valence-electron chi connectivity index (χ3n) is 5.55. The molecular weight excluding hydrogens is 505 g/mol. The lowest BCUT2D eigenvalue weighted by Gasteiger charge is -2.26. The number of hydrogen-bond acceptors (Lipinski definition) is 6. The highest BCUT2D eigenvalue weighted by Crippen LogP contribution is 2.49. The van der Waals surface area contributed by atoms with Gasteiger partial charge in [0.05, 0.1) is 35.4 Å². The Labute approximate surface area is 194 Å². The fourth-order valence-electron chi connectivity index (χ4n) is 3.83. The van der Waals surface area contributed by atoms with Crippen LogP contribution in [-0.2, 0) is 11.6 Å². The first-order valence-corrected chi connectivity index (χ1v) is 9.86. The van der Waals surface area contributed by atoms with Gasteiger partial charge in [-0.25, -0.2) is 14.5 Å². The minimum Gasteiger partial charge on any atom is -0.234 e. The summed E-state index contributed by atoms with van der Waals surface area (Å²) in [6.45, 7) is -0.215. The van der Waals surface area contributed by atoms with E-state index in [1.807, 2.05) is 5.43 Å². The van der Waals surface area contributed by atoms with Gasteiger partial charge in [-0.1, -0.05) is 10.4 Å². The molecule has 0 amide bonds. The lowest BCUT2D eigenvalue weighted by atomic mass is 9.88. The van der Waals surface area contributed by atoms with Crippen LogP contribution in [0.2, 0.25) is 0 Å². The maximum atomic E-state index is 14.1. The first kappa shape index (κ1) is 23.4. The molecule has 0 unspecified atom stereocenters. The Morgan fingerprint density at radius 1 is 1.06 bits per heavy atom. The summed E-state index contributed by atoms with van der Waals surface area (Å²) in [6.07, 6.45) is -5.82. The van der Waals surface area contributed by atoms with E-state index in [0.29, 0.717) is 20.4 Å². The van der Waals surface area contributed by atoms with Crippen LogP contribution in [0.4, 0.5) is 42.1 Å². The van der Waals surface area contributed by atoms with E-state index in [4.69, 9.17) is 0 Å². The van der Waals surface area contributed by atoms with E-state index >= 15 is 0 Å². The lowest BCUT2D eigenvalue weighted by Crippen LogP contribution is -2.47. The third kappa shape index (κ3) is 3.55. The summed E-state index contributed by atoms with van der Waals surface area (Å²) in [5.74, 6) is -1.77. The number of alkyl halides is 6. The Kier molecular flexibility index (Phi) is 4.91. The van der Waals surface area contributed by atoms with Crippen molar-refractivity contribution in [3.8, 4) is 5.82 Å². The van der Waals surface area contributed by atoms with Gasteiger partial charge in [-0.15, -0.1) is 9.90 Å². The van der Waals surface area contributed by atoms with Gasteiger partial charge in [0.15, 0.2) is 11.5 Å². The number of hydrogen-bond donors (Lipinski definition) is 1. The van der Waals surface area contributed by atoms with E-state index in [-0.39, 0.29) is 16.3 Å². The molecule has 5 heterocycles. The van der Waals surface area contributed by atoms with Crippen molar-refractivity contribution in [2.75, 3.05) is 17.0 Å². The maximum Gasteiger partial charge on any atom is 0.420 e. The molecule has 0 bridgehead atoms. The molecule has 5 rings (SSSR count). The molecule has 18 heteroatoms. The van der Waals surface area contributed by atoms with Gasteiger partial charge in [-0.3, -0.25) is 0 Å². The van der Waals surface area contributed by atoms with Gasteiger partial charge >= 0.3 is 12.4 Å². The van der Waals surface area contributed by atoms with Crippen LogP contribution in [0.3, 0.4) is 0 Å². The van der Waals surface area contributed by atoms with Crippen molar-refractivity contribution in [2.45, 2.75) is 24.7 Å². The van der Waals surface area contributed by atoms with Gasteiger partial charge < -0.3 is 0 Å². The second kappa shape index (κ2) is 7.56. The van der Waals surface area contributed by atoms with Crippen LogP contribution in [0, 0.1) is 10.9 Å². The molecule has 1 N–H and O–H groups in total. The fraction of sp³-hybridized carbons (Fsp3) is 0.278. The van der Waals surface area contributed by atoms with Crippen LogP contribution in [0.25, 0.3) is 11.5 Å². The summed E-state index contributed by atoms with van der Waals surface area (Å²) in [5.41, 5.74) is -3.64. The van der Waals surface area contributed by atoms with Crippen LogP contribution >= 0.6 is 0 Å². The second-order valence-electron chi connectivity index (χ2n) is 7.91. The highest BCUT2D eigenvalue weighted by Gasteiger charge is 2.63. The first-order chi connectivity index (χ1) is 16.8. The van der Waals surface area contributed by atoms with E-state index in [9.17, 15) is 35.6 Å². The van der Waals surface area contributed by atoms with E-state index in [1.54, 1.807) is 0 Å². The molecule has 0 spiro atoms. The summed E-state index contributed by atoms with van der Waals surface area (Å²) in [5, 5.41) is 11.2. The fourth-order valence-corrected chi connectivity index (χ4v) is 3.83. The molecule has 0 saturated carbocycles.